The molecule has 1 aliphatic rings. The van der Waals surface area contributed by atoms with Crippen molar-refractivity contribution in [1.82, 2.24) is 9.97 Å². The van der Waals surface area contributed by atoms with E-state index in [1.807, 2.05) is 0 Å². The Kier molecular flexibility index (Phi) is 3.09. The average Bonchev–Trinajstić information content (AvgIpc) is 2.83. The van der Waals surface area contributed by atoms with E-state index in [0.29, 0.717) is 5.95 Å². The van der Waals surface area contributed by atoms with Crippen LogP contribution in [0.4, 0.5) is 5.95 Å². The Bertz CT molecular complexity index is 449. The number of rotatable bonds is 3. The van der Waals surface area contributed by atoms with Gasteiger partial charge in [0.2, 0.25) is 5.95 Å². The zero-order chi connectivity index (χ0) is 11.6. The SMILES string of the molecule is CNc1ncc(S(=O)(=O)C2CCCC2)cn1. The first kappa shape index (κ1) is 11.3. The molecule has 0 radical (unpaired) electrons. The van der Waals surface area contributed by atoms with Crippen LogP contribution in [0.5, 0.6) is 0 Å². The second-order valence-corrected chi connectivity index (χ2v) is 6.17. The standard InChI is InChI=1S/C10H15N3O2S/c1-11-10-12-6-9(7-13-10)16(14,15)8-4-2-3-5-8/h6-8H,2-5H2,1H3,(H,11,12,13). The second kappa shape index (κ2) is 4.37. The van der Waals surface area contributed by atoms with Gasteiger partial charge in [-0.15, -0.1) is 0 Å². The number of anilines is 1. The maximum absolute atomic E-state index is 12.1. The van der Waals surface area contributed by atoms with Gasteiger partial charge in [-0.3, -0.25) is 0 Å². The first-order valence-corrected chi connectivity index (χ1v) is 6.93. The smallest absolute Gasteiger partial charge is 0.222 e. The number of nitrogens with one attached hydrogen (secondary N) is 1. The van der Waals surface area contributed by atoms with Gasteiger partial charge in [0.05, 0.1) is 17.6 Å². The van der Waals surface area contributed by atoms with Crippen LogP contribution in [0.2, 0.25) is 0 Å². The highest BCUT2D eigenvalue weighted by atomic mass is 32.2. The van der Waals surface area contributed by atoms with E-state index in [1.165, 1.54) is 12.4 Å². The van der Waals surface area contributed by atoms with Crippen molar-refractivity contribution in [2.75, 3.05) is 12.4 Å². The van der Waals surface area contributed by atoms with Crippen LogP contribution in [0.15, 0.2) is 17.3 Å². The summed E-state index contributed by atoms with van der Waals surface area (Å²) in [5.74, 6) is 0.436. The molecule has 2 rings (SSSR count). The van der Waals surface area contributed by atoms with Crippen LogP contribution >= 0.6 is 0 Å². The van der Waals surface area contributed by atoms with Crippen molar-refractivity contribution < 1.29 is 8.42 Å². The van der Waals surface area contributed by atoms with Gasteiger partial charge in [0.15, 0.2) is 9.84 Å². The molecule has 0 aliphatic heterocycles. The van der Waals surface area contributed by atoms with Crippen molar-refractivity contribution in [3.8, 4) is 0 Å². The summed E-state index contributed by atoms with van der Waals surface area (Å²) in [5, 5.41) is 2.52. The topological polar surface area (TPSA) is 72.0 Å². The molecule has 0 unspecified atom stereocenters. The Morgan fingerprint density at radius 1 is 1.25 bits per heavy atom. The number of hydrogen-bond donors (Lipinski definition) is 1. The molecule has 6 heteroatoms. The Hall–Kier alpha value is -1.17. The molecule has 1 fully saturated rings. The van der Waals surface area contributed by atoms with Gasteiger partial charge in [-0.2, -0.15) is 0 Å². The number of sulfone groups is 1. The van der Waals surface area contributed by atoms with E-state index in [1.54, 1.807) is 7.05 Å². The summed E-state index contributed by atoms with van der Waals surface area (Å²) in [6.07, 6.45) is 6.28. The summed E-state index contributed by atoms with van der Waals surface area (Å²) in [7, 11) is -1.52. The predicted octanol–water partition coefficient (Wildman–Crippen LogP) is 1.23. The lowest BCUT2D eigenvalue weighted by atomic mass is 10.4. The number of aromatic nitrogens is 2. The molecule has 0 saturated heterocycles. The first-order chi connectivity index (χ1) is 7.64. The summed E-state index contributed by atoms with van der Waals surface area (Å²) in [5.41, 5.74) is 0. The zero-order valence-corrected chi connectivity index (χ0v) is 10.00. The van der Waals surface area contributed by atoms with Crippen LogP contribution in [-0.4, -0.2) is 30.7 Å². The highest BCUT2D eigenvalue weighted by molar-refractivity contribution is 7.92. The number of hydrogen-bond acceptors (Lipinski definition) is 5. The van der Waals surface area contributed by atoms with Gasteiger partial charge >= 0.3 is 0 Å². The highest BCUT2D eigenvalue weighted by Crippen LogP contribution is 2.28. The molecule has 1 N–H and O–H groups in total. The van der Waals surface area contributed by atoms with E-state index in [4.69, 9.17) is 0 Å². The van der Waals surface area contributed by atoms with Crippen molar-refractivity contribution in [2.45, 2.75) is 35.8 Å². The maximum Gasteiger partial charge on any atom is 0.222 e. The van der Waals surface area contributed by atoms with E-state index in [-0.39, 0.29) is 10.1 Å². The zero-order valence-electron chi connectivity index (χ0n) is 9.18. The van der Waals surface area contributed by atoms with Crippen LogP contribution in [0.3, 0.4) is 0 Å². The molecule has 1 heterocycles. The third kappa shape index (κ3) is 2.02. The molecule has 0 aromatic carbocycles. The van der Waals surface area contributed by atoms with Gasteiger partial charge in [-0.05, 0) is 12.8 Å². The third-order valence-electron chi connectivity index (χ3n) is 2.92. The lowest BCUT2D eigenvalue weighted by Gasteiger charge is -2.10. The van der Waals surface area contributed by atoms with Gasteiger partial charge in [0.25, 0.3) is 0 Å². The van der Waals surface area contributed by atoms with Crippen molar-refractivity contribution in [1.29, 1.82) is 0 Å². The highest BCUT2D eigenvalue weighted by Gasteiger charge is 2.30. The average molecular weight is 241 g/mol. The molecule has 0 atom stereocenters. The largest absolute Gasteiger partial charge is 0.357 e. The minimum absolute atomic E-state index is 0.235. The Balaban J connectivity index is 2.28. The molecule has 1 aliphatic carbocycles. The van der Waals surface area contributed by atoms with E-state index in [9.17, 15) is 8.42 Å². The van der Waals surface area contributed by atoms with Crippen molar-refractivity contribution in [2.24, 2.45) is 0 Å². The molecule has 16 heavy (non-hydrogen) atoms. The Morgan fingerprint density at radius 3 is 2.31 bits per heavy atom. The quantitative estimate of drug-likeness (QED) is 0.861. The summed E-state index contributed by atoms with van der Waals surface area (Å²) in [4.78, 5) is 8.10. The normalized spacial score (nSPS) is 17.6. The van der Waals surface area contributed by atoms with Gasteiger partial charge in [-0.25, -0.2) is 18.4 Å². The van der Waals surface area contributed by atoms with E-state index in [0.717, 1.165) is 25.7 Å². The first-order valence-electron chi connectivity index (χ1n) is 5.38. The molecule has 0 spiro atoms. The Labute approximate surface area is 95.2 Å². The van der Waals surface area contributed by atoms with Crippen LogP contribution in [0.1, 0.15) is 25.7 Å². The summed E-state index contributed by atoms with van der Waals surface area (Å²) >= 11 is 0. The molecule has 1 saturated carbocycles. The molecule has 88 valence electrons. The van der Waals surface area contributed by atoms with Gasteiger partial charge in [0, 0.05) is 7.05 Å². The van der Waals surface area contributed by atoms with Crippen LogP contribution in [0.25, 0.3) is 0 Å². The van der Waals surface area contributed by atoms with Crippen LogP contribution < -0.4 is 5.32 Å². The molecule has 0 bridgehead atoms. The van der Waals surface area contributed by atoms with E-state index in [2.05, 4.69) is 15.3 Å². The maximum atomic E-state index is 12.1. The lowest BCUT2D eigenvalue weighted by molar-refractivity contribution is 0.579. The minimum atomic E-state index is -3.22. The fourth-order valence-corrected chi connectivity index (χ4v) is 3.72. The second-order valence-electron chi connectivity index (χ2n) is 3.94. The van der Waals surface area contributed by atoms with E-state index < -0.39 is 9.84 Å². The number of nitrogens with zero attached hydrogens (tertiary/aromatic N) is 2. The van der Waals surface area contributed by atoms with Crippen molar-refractivity contribution in [3.05, 3.63) is 12.4 Å². The monoisotopic (exact) mass is 241 g/mol. The molecular weight excluding hydrogens is 226 g/mol. The van der Waals surface area contributed by atoms with Crippen molar-refractivity contribution >= 4 is 15.8 Å². The third-order valence-corrected chi connectivity index (χ3v) is 5.14. The fraction of sp³-hybridized carbons (Fsp3) is 0.600. The lowest BCUT2D eigenvalue weighted by Crippen LogP contribution is -2.18. The molecule has 0 amide bonds. The van der Waals surface area contributed by atoms with E-state index >= 15 is 0 Å². The van der Waals surface area contributed by atoms with Crippen LogP contribution in [-0.2, 0) is 9.84 Å². The van der Waals surface area contributed by atoms with Gasteiger partial charge in [0.1, 0.15) is 4.90 Å². The van der Waals surface area contributed by atoms with Crippen molar-refractivity contribution in [3.63, 3.8) is 0 Å². The van der Waals surface area contributed by atoms with Gasteiger partial charge < -0.3 is 5.32 Å². The summed E-state index contributed by atoms with van der Waals surface area (Å²) in [6.45, 7) is 0. The molecular formula is C10H15N3O2S. The predicted molar refractivity (Wildman–Crippen MR) is 61.0 cm³/mol. The minimum Gasteiger partial charge on any atom is -0.357 e. The Morgan fingerprint density at radius 2 is 1.81 bits per heavy atom. The molecule has 1 aromatic rings. The van der Waals surface area contributed by atoms with Crippen LogP contribution in [0, 0.1) is 0 Å². The molecule has 5 nitrogen and oxygen atoms in total. The van der Waals surface area contributed by atoms with Gasteiger partial charge in [-0.1, -0.05) is 12.8 Å². The molecule has 1 aromatic heterocycles. The fourth-order valence-electron chi connectivity index (χ4n) is 1.98. The summed E-state index contributed by atoms with van der Waals surface area (Å²) < 4.78 is 24.3. The summed E-state index contributed by atoms with van der Waals surface area (Å²) in [6, 6.07) is 0.